The number of nitrogens with zero attached hydrogens (tertiary/aromatic N) is 1. The number of carbonyl (C=O) groups is 1. The second kappa shape index (κ2) is 7.82. The molecule has 7 heteroatoms. The molecule has 0 aliphatic carbocycles. The molecule has 1 aromatic carbocycles. The van der Waals surface area contributed by atoms with Gasteiger partial charge >= 0.3 is 0 Å². The smallest absolute Gasteiger partial charge is 0.251 e. The van der Waals surface area contributed by atoms with E-state index in [1.165, 1.54) is 17.8 Å². The largest absolute Gasteiger partial charge is 0.494 e. The molecule has 1 heterocycles. The van der Waals surface area contributed by atoms with Crippen LogP contribution in [0.15, 0.2) is 40.3 Å². The Balaban J connectivity index is 1.97. The molecular weight excluding hydrogens is 314 g/mol. The van der Waals surface area contributed by atoms with Crippen LogP contribution in [-0.4, -0.2) is 27.7 Å². The van der Waals surface area contributed by atoms with Crippen LogP contribution in [0.1, 0.15) is 19.5 Å². The average molecular weight is 333 g/mol. The fraction of sp³-hybridized carbons (Fsp3) is 0.312. The van der Waals surface area contributed by atoms with E-state index >= 15 is 0 Å². The van der Waals surface area contributed by atoms with Gasteiger partial charge in [0.15, 0.2) is 5.16 Å². The highest BCUT2D eigenvalue weighted by atomic mass is 32.2. The van der Waals surface area contributed by atoms with E-state index in [9.17, 15) is 9.59 Å². The minimum absolute atomic E-state index is 0.164. The number of anilines is 1. The summed E-state index contributed by atoms with van der Waals surface area (Å²) in [5.74, 6) is 0.595. The first-order valence-electron chi connectivity index (χ1n) is 7.26. The second-order valence-electron chi connectivity index (χ2n) is 4.90. The van der Waals surface area contributed by atoms with E-state index in [0.29, 0.717) is 23.1 Å². The van der Waals surface area contributed by atoms with Gasteiger partial charge in [-0.05, 0) is 45.0 Å². The molecule has 0 aliphatic rings. The summed E-state index contributed by atoms with van der Waals surface area (Å²) < 4.78 is 5.36. The molecule has 2 rings (SSSR count). The molecule has 1 unspecified atom stereocenters. The van der Waals surface area contributed by atoms with Crippen molar-refractivity contribution < 1.29 is 9.53 Å². The summed E-state index contributed by atoms with van der Waals surface area (Å²) >= 11 is 1.21. The number of aromatic amines is 1. The summed E-state index contributed by atoms with van der Waals surface area (Å²) in [6.07, 6.45) is 0. The zero-order valence-electron chi connectivity index (χ0n) is 13.3. The minimum Gasteiger partial charge on any atom is -0.494 e. The van der Waals surface area contributed by atoms with Crippen LogP contribution >= 0.6 is 11.8 Å². The zero-order valence-corrected chi connectivity index (χ0v) is 14.1. The Kier molecular flexibility index (Phi) is 5.81. The molecule has 0 radical (unpaired) electrons. The summed E-state index contributed by atoms with van der Waals surface area (Å²) in [7, 11) is 0. The highest BCUT2D eigenvalue weighted by molar-refractivity contribution is 8.00. The van der Waals surface area contributed by atoms with Gasteiger partial charge in [0, 0.05) is 17.4 Å². The van der Waals surface area contributed by atoms with Crippen molar-refractivity contribution in [3.05, 3.63) is 46.4 Å². The maximum Gasteiger partial charge on any atom is 0.251 e. The van der Waals surface area contributed by atoms with E-state index in [2.05, 4.69) is 15.3 Å². The van der Waals surface area contributed by atoms with E-state index in [0.717, 1.165) is 5.75 Å². The third-order valence-electron chi connectivity index (χ3n) is 2.94. The minimum atomic E-state index is -0.397. The van der Waals surface area contributed by atoms with Gasteiger partial charge in [-0.2, -0.15) is 0 Å². The number of ether oxygens (including phenoxy) is 1. The van der Waals surface area contributed by atoms with Crippen LogP contribution in [-0.2, 0) is 4.79 Å². The van der Waals surface area contributed by atoms with Gasteiger partial charge in [0.1, 0.15) is 5.75 Å². The SMILES string of the molecule is CCOc1ccc(NC(=O)C(C)Sc2nc(C)cc(=O)[nH]2)cc1. The van der Waals surface area contributed by atoms with E-state index in [-0.39, 0.29) is 11.5 Å². The van der Waals surface area contributed by atoms with Gasteiger partial charge in [0.25, 0.3) is 5.56 Å². The van der Waals surface area contributed by atoms with Gasteiger partial charge in [-0.1, -0.05) is 11.8 Å². The Morgan fingerprint density at radius 1 is 1.39 bits per heavy atom. The number of nitrogens with one attached hydrogen (secondary N) is 2. The maximum absolute atomic E-state index is 12.2. The molecule has 2 aromatic rings. The number of hydrogen-bond donors (Lipinski definition) is 2. The van der Waals surface area contributed by atoms with Crippen molar-refractivity contribution >= 4 is 23.4 Å². The van der Waals surface area contributed by atoms with Gasteiger partial charge in [-0.3, -0.25) is 9.59 Å². The van der Waals surface area contributed by atoms with Gasteiger partial charge in [-0.25, -0.2) is 4.98 Å². The number of aryl methyl sites for hydroxylation is 1. The summed E-state index contributed by atoms with van der Waals surface area (Å²) in [5, 5.41) is 2.86. The predicted molar refractivity (Wildman–Crippen MR) is 91.2 cm³/mol. The highest BCUT2D eigenvalue weighted by Gasteiger charge is 2.16. The second-order valence-corrected chi connectivity index (χ2v) is 6.23. The normalized spacial score (nSPS) is 11.8. The van der Waals surface area contributed by atoms with Crippen molar-refractivity contribution in [2.45, 2.75) is 31.2 Å². The van der Waals surface area contributed by atoms with Crippen molar-refractivity contribution in [2.75, 3.05) is 11.9 Å². The van der Waals surface area contributed by atoms with Crippen LogP contribution in [0.5, 0.6) is 5.75 Å². The molecule has 2 N–H and O–H groups in total. The molecule has 1 amide bonds. The standard InChI is InChI=1S/C16H19N3O3S/c1-4-22-13-7-5-12(6-8-13)18-15(21)11(3)23-16-17-10(2)9-14(20)19-16/h5-9,11H,4H2,1-3H3,(H,18,21)(H,17,19,20). The lowest BCUT2D eigenvalue weighted by Gasteiger charge is -2.12. The van der Waals surface area contributed by atoms with Crippen molar-refractivity contribution in [3.63, 3.8) is 0 Å². The molecule has 1 atom stereocenters. The molecular formula is C16H19N3O3S. The lowest BCUT2D eigenvalue weighted by atomic mass is 10.3. The first-order chi connectivity index (χ1) is 11.0. The number of rotatable bonds is 6. The molecule has 0 aliphatic heterocycles. The van der Waals surface area contributed by atoms with Crippen LogP contribution in [0, 0.1) is 6.92 Å². The zero-order chi connectivity index (χ0) is 16.8. The molecule has 122 valence electrons. The fourth-order valence-electron chi connectivity index (χ4n) is 1.87. The number of aromatic nitrogens is 2. The third kappa shape index (κ3) is 5.14. The Morgan fingerprint density at radius 3 is 2.70 bits per heavy atom. The van der Waals surface area contributed by atoms with E-state index in [1.54, 1.807) is 38.1 Å². The van der Waals surface area contributed by atoms with E-state index < -0.39 is 5.25 Å². The summed E-state index contributed by atoms with van der Waals surface area (Å²) in [4.78, 5) is 30.5. The fourth-order valence-corrected chi connectivity index (χ4v) is 2.73. The van der Waals surface area contributed by atoms with Crippen LogP contribution in [0.25, 0.3) is 0 Å². The Hall–Kier alpha value is -2.28. The highest BCUT2D eigenvalue weighted by Crippen LogP contribution is 2.21. The molecule has 23 heavy (non-hydrogen) atoms. The average Bonchev–Trinajstić information content (AvgIpc) is 2.48. The number of amides is 1. The summed E-state index contributed by atoms with van der Waals surface area (Å²) in [6, 6.07) is 8.59. The predicted octanol–water partition coefficient (Wildman–Crippen LogP) is 2.60. The summed E-state index contributed by atoms with van der Waals surface area (Å²) in [6.45, 7) is 6.01. The van der Waals surface area contributed by atoms with Gasteiger partial charge in [0.2, 0.25) is 5.91 Å². The monoisotopic (exact) mass is 333 g/mol. The summed E-state index contributed by atoms with van der Waals surface area (Å²) in [5.41, 5.74) is 1.09. The molecule has 0 saturated carbocycles. The molecule has 6 nitrogen and oxygen atoms in total. The van der Waals surface area contributed by atoms with Crippen LogP contribution < -0.4 is 15.6 Å². The number of benzene rings is 1. The van der Waals surface area contributed by atoms with Crippen LogP contribution in [0.3, 0.4) is 0 Å². The Bertz CT molecular complexity index is 728. The first-order valence-corrected chi connectivity index (χ1v) is 8.14. The molecule has 0 saturated heterocycles. The lowest BCUT2D eigenvalue weighted by molar-refractivity contribution is -0.115. The third-order valence-corrected chi connectivity index (χ3v) is 3.92. The molecule has 0 spiro atoms. The lowest BCUT2D eigenvalue weighted by Crippen LogP contribution is -2.23. The van der Waals surface area contributed by atoms with Crippen molar-refractivity contribution in [2.24, 2.45) is 0 Å². The maximum atomic E-state index is 12.2. The Labute approximate surface area is 138 Å². The van der Waals surface area contributed by atoms with Crippen LogP contribution in [0.4, 0.5) is 5.69 Å². The Morgan fingerprint density at radius 2 is 2.09 bits per heavy atom. The molecule has 1 aromatic heterocycles. The quantitative estimate of drug-likeness (QED) is 0.627. The number of thioether (sulfide) groups is 1. The van der Waals surface area contributed by atoms with Gasteiger partial charge < -0.3 is 15.0 Å². The van der Waals surface area contributed by atoms with Gasteiger partial charge in [-0.15, -0.1) is 0 Å². The number of carbonyl (C=O) groups excluding carboxylic acids is 1. The molecule has 0 bridgehead atoms. The van der Waals surface area contributed by atoms with Crippen molar-refractivity contribution in [1.82, 2.24) is 9.97 Å². The molecule has 0 fully saturated rings. The number of hydrogen-bond acceptors (Lipinski definition) is 5. The van der Waals surface area contributed by atoms with Crippen molar-refractivity contribution in [1.29, 1.82) is 0 Å². The number of H-pyrrole nitrogens is 1. The van der Waals surface area contributed by atoms with Gasteiger partial charge in [0.05, 0.1) is 11.9 Å². The van der Waals surface area contributed by atoms with E-state index in [1.807, 2.05) is 6.92 Å². The van der Waals surface area contributed by atoms with Crippen LogP contribution in [0.2, 0.25) is 0 Å². The topological polar surface area (TPSA) is 84.1 Å². The van der Waals surface area contributed by atoms with E-state index in [4.69, 9.17) is 4.74 Å². The van der Waals surface area contributed by atoms with Crippen molar-refractivity contribution in [3.8, 4) is 5.75 Å². The first kappa shape index (κ1) is 17.1.